The van der Waals surface area contributed by atoms with Gasteiger partial charge in [-0.15, -0.1) is 0 Å². The Morgan fingerprint density at radius 2 is 1.47 bits per heavy atom. The normalized spacial score (nSPS) is 13.2. The molecular formula is C26H34N2O4. The monoisotopic (exact) mass is 438 g/mol. The van der Waals surface area contributed by atoms with Crippen molar-refractivity contribution >= 4 is 17.8 Å². The van der Waals surface area contributed by atoms with Crippen molar-refractivity contribution in [2.24, 2.45) is 11.3 Å². The van der Waals surface area contributed by atoms with Gasteiger partial charge in [-0.1, -0.05) is 62.4 Å². The number of esters is 1. The zero-order valence-corrected chi connectivity index (χ0v) is 19.6. The number of hydrogen-bond acceptors (Lipinski definition) is 4. The molecule has 2 aromatic rings. The number of carbonyl (C=O) groups is 3. The van der Waals surface area contributed by atoms with Gasteiger partial charge in [0.25, 0.3) is 5.91 Å². The minimum Gasteiger partial charge on any atom is -0.467 e. The molecule has 0 aliphatic heterocycles. The lowest BCUT2D eigenvalue weighted by atomic mass is 9.78. The van der Waals surface area contributed by atoms with Crippen molar-refractivity contribution in [3.05, 3.63) is 71.8 Å². The fourth-order valence-corrected chi connectivity index (χ4v) is 3.52. The zero-order chi connectivity index (χ0) is 23.7. The molecule has 0 aliphatic rings. The van der Waals surface area contributed by atoms with Gasteiger partial charge >= 0.3 is 5.97 Å². The topological polar surface area (TPSA) is 84.5 Å². The third kappa shape index (κ3) is 6.94. The molecule has 0 radical (unpaired) electrons. The van der Waals surface area contributed by atoms with Crippen molar-refractivity contribution in [2.45, 2.75) is 52.6 Å². The fourth-order valence-electron chi connectivity index (χ4n) is 3.52. The Bertz CT molecular complexity index is 895. The Labute approximate surface area is 190 Å². The van der Waals surface area contributed by atoms with Crippen LogP contribution in [0.4, 0.5) is 0 Å². The van der Waals surface area contributed by atoms with E-state index < -0.39 is 23.5 Å². The SMILES string of the molecule is COC(=O)[C@H](Cc1ccccc1)NC(=O)C(C)(C)[C@H](CC(C)C)NC(=O)c1ccccc1. The van der Waals surface area contributed by atoms with E-state index in [1.807, 2.05) is 50.2 Å². The van der Waals surface area contributed by atoms with E-state index in [2.05, 4.69) is 10.6 Å². The fraction of sp³-hybridized carbons (Fsp3) is 0.423. The number of nitrogens with one attached hydrogen (secondary N) is 2. The number of methoxy groups -OCH3 is 1. The zero-order valence-electron chi connectivity index (χ0n) is 19.6. The van der Waals surface area contributed by atoms with E-state index in [0.29, 0.717) is 18.4 Å². The lowest BCUT2D eigenvalue weighted by Crippen LogP contribution is -2.56. The lowest BCUT2D eigenvalue weighted by Gasteiger charge is -2.36. The van der Waals surface area contributed by atoms with Crippen LogP contribution in [-0.4, -0.2) is 37.0 Å². The number of amides is 2. The molecule has 0 aromatic heterocycles. The Hall–Kier alpha value is -3.15. The van der Waals surface area contributed by atoms with Gasteiger partial charge in [-0.3, -0.25) is 9.59 Å². The van der Waals surface area contributed by atoms with E-state index in [1.54, 1.807) is 38.1 Å². The highest BCUT2D eigenvalue weighted by molar-refractivity contribution is 5.95. The van der Waals surface area contributed by atoms with Gasteiger partial charge in [0, 0.05) is 18.0 Å². The second-order valence-electron chi connectivity index (χ2n) is 8.98. The lowest BCUT2D eigenvalue weighted by molar-refractivity contribution is -0.146. The van der Waals surface area contributed by atoms with Gasteiger partial charge < -0.3 is 15.4 Å². The molecule has 32 heavy (non-hydrogen) atoms. The molecule has 0 fully saturated rings. The van der Waals surface area contributed by atoms with Crippen LogP contribution in [0.2, 0.25) is 0 Å². The molecule has 2 atom stereocenters. The summed E-state index contributed by atoms with van der Waals surface area (Å²) in [5, 5.41) is 5.89. The molecule has 0 heterocycles. The van der Waals surface area contributed by atoms with Crippen molar-refractivity contribution in [3.8, 4) is 0 Å². The first-order chi connectivity index (χ1) is 15.1. The summed E-state index contributed by atoms with van der Waals surface area (Å²) in [5.74, 6) is -0.802. The quantitative estimate of drug-likeness (QED) is 0.553. The van der Waals surface area contributed by atoms with Gasteiger partial charge in [-0.25, -0.2) is 4.79 Å². The van der Waals surface area contributed by atoms with E-state index in [4.69, 9.17) is 4.74 Å². The molecule has 0 bridgehead atoms. The summed E-state index contributed by atoms with van der Waals surface area (Å²) in [5.41, 5.74) is 0.489. The van der Waals surface area contributed by atoms with Gasteiger partial charge in [-0.2, -0.15) is 0 Å². The number of ether oxygens (including phenoxy) is 1. The predicted octanol–water partition coefficient (Wildman–Crippen LogP) is 3.76. The maximum absolute atomic E-state index is 13.4. The Morgan fingerprint density at radius 1 is 0.906 bits per heavy atom. The van der Waals surface area contributed by atoms with Crippen LogP contribution in [0.5, 0.6) is 0 Å². The van der Waals surface area contributed by atoms with E-state index >= 15 is 0 Å². The second-order valence-corrected chi connectivity index (χ2v) is 8.98. The molecule has 172 valence electrons. The standard InChI is InChI=1S/C26H34N2O4/c1-18(2)16-22(28-23(29)20-14-10-7-11-15-20)26(3,4)25(31)27-21(24(30)32-5)17-19-12-8-6-9-13-19/h6-15,18,21-22H,16-17H2,1-5H3,(H,27,31)(H,28,29)/t21-,22-/m0/s1. The molecule has 0 spiro atoms. The summed E-state index contributed by atoms with van der Waals surface area (Å²) >= 11 is 0. The van der Waals surface area contributed by atoms with Gasteiger partial charge in [-0.05, 0) is 43.9 Å². The second kappa shape index (κ2) is 11.5. The highest BCUT2D eigenvalue weighted by Crippen LogP contribution is 2.27. The summed E-state index contributed by atoms with van der Waals surface area (Å²) in [7, 11) is 1.30. The van der Waals surface area contributed by atoms with Crippen LogP contribution >= 0.6 is 0 Å². The average Bonchev–Trinajstić information content (AvgIpc) is 2.78. The summed E-state index contributed by atoms with van der Waals surface area (Å²) in [6, 6.07) is 17.1. The third-order valence-electron chi connectivity index (χ3n) is 5.58. The third-order valence-corrected chi connectivity index (χ3v) is 5.58. The highest BCUT2D eigenvalue weighted by atomic mass is 16.5. The number of benzene rings is 2. The van der Waals surface area contributed by atoms with Crippen molar-refractivity contribution < 1.29 is 19.1 Å². The van der Waals surface area contributed by atoms with Crippen LogP contribution in [0, 0.1) is 11.3 Å². The van der Waals surface area contributed by atoms with E-state index in [-0.39, 0.29) is 17.7 Å². The van der Waals surface area contributed by atoms with Crippen LogP contribution in [0.1, 0.15) is 50.0 Å². The minimum atomic E-state index is -0.961. The summed E-state index contributed by atoms with van der Waals surface area (Å²) in [4.78, 5) is 38.5. The maximum Gasteiger partial charge on any atom is 0.328 e. The van der Waals surface area contributed by atoms with Gasteiger partial charge in [0.05, 0.1) is 12.5 Å². The van der Waals surface area contributed by atoms with E-state index in [1.165, 1.54) is 7.11 Å². The first kappa shape index (κ1) is 25.1. The van der Waals surface area contributed by atoms with Crippen LogP contribution in [-0.2, 0) is 20.7 Å². The molecule has 2 amide bonds. The van der Waals surface area contributed by atoms with Crippen molar-refractivity contribution in [2.75, 3.05) is 7.11 Å². The molecule has 0 saturated carbocycles. The maximum atomic E-state index is 13.4. The highest BCUT2D eigenvalue weighted by Gasteiger charge is 2.40. The Kier molecular flexibility index (Phi) is 9.00. The van der Waals surface area contributed by atoms with E-state index in [9.17, 15) is 14.4 Å². The smallest absolute Gasteiger partial charge is 0.328 e. The number of hydrogen-bond donors (Lipinski definition) is 2. The molecule has 0 saturated heterocycles. The molecule has 0 aliphatic carbocycles. The first-order valence-electron chi connectivity index (χ1n) is 10.9. The predicted molar refractivity (Wildman–Crippen MR) is 125 cm³/mol. The first-order valence-corrected chi connectivity index (χ1v) is 10.9. The van der Waals surface area contributed by atoms with Gasteiger partial charge in [0.15, 0.2) is 0 Å². The van der Waals surface area contributed by atoms with Crippen LogP contribution in [0.15, 0.2) is 60.7 Å². The molecular weight excluding hydrogens is 404 g/mol. The van der Waals surface area contributed by atoms with Crippen molar-refractivity contribution in [1.29, 1.82) is 0 Å². The number of rotatable bonds is 10. The Morgan fingerprint density at radius 3 is 2.00 bits per heavy atom. The van der Waals surface area contributed by atoms with Crippen molar-refractivity contribution in [3.63, 3.8) is 0 Å². The van der Waals surface area contributed by atoms with E-state index in [0.717, 1.165) is 5.56 Å². The Balaban J connectivity index is 2.21. The molecule has 0 unspecified atom stereocenters. The van der Waals surface area contributed by atoms with Crippen LogP contribution in [0.3, 0.4) is 0 Å². The largest absolute Gasteiger partial charge is 0.467 e. The molecule has 2 rings (SSSR count). The molecule has 2 N–H and O–H groups in total. The summed E-state index contributed by atoms with van der Waals surface area (Å²) in [6.07, 6.45) is 0.932. The van der Waals surface area contributed by atoms with Gasteiger partial charge in [0.1, 0.15) is 6.04 Å². The molecule has 6 nitrogen and oxygen atoms in total. The summed E-state index contributed by atoms with van der Waals surface area (Å²) in [6.45, 7) is 7.67. The number of carbonyl (C=O) groups excluding carboxylic acids is 3. The molecule has 6 heteroatoms. The molecule has 2 aromatic carbocycles. The van der Waals surface area contributed by atoms with Gasteiger partial charge in [0.2, 0.25) is 5.91 Å². The summed E-state index contributed by atoms with van der Waals surface area (Å²) < 4.78 is 4.92. The minimum absolute atomic E-state index is 0.231. The van der Waals surface area contributed by atoms with Crippen molar-refractivity contribution in [1.82, 2.24) is 10.6 Å². The average molecular weight is 439 g/mol. The van der Waals surface area contributed by atoms with Crippen LogP contribution in [0.25, 0.3) is 0 Å². The van der Waals surface area contributed by atoms with Crippen LogP contribution < -0.4 is 10.6 Å².